The first-order valence-electron chi connectivity index (χ1n) is 8.09. The van der Waals surface area contributed by atoms with Crippen LogP contribution in [0.25, 0.3) is 0 Å². The minimum Gasteiger partial charge on any atom is -0.356 e. The Balaban J connectivity index is 1.87. The van der Waals surface area contributed by atoms with E-state index in [-0.39, 0.29) is 25.8 Å². The van der Waals surface area contributed by atoms with Crippen LogP contribution in [0, 0.1) is 11.8 Å². The first-order valence-corrected chi connectivity index (χ1v) is 8.09. The average molecular weight is 367 g/mol. The summed E-state index contributed by atoms with van der Waals surface area (Å²) in [4.78, 5) is 12.1. The Bertz CT molecular complexity index is 578. The molecule has 0 aliphatic heterocycles. The number of halogens is 6. The normalized spacial score (nSPS) is 21.8. The van der Waals surface area contributed by atoms with Gasteiger partial charge >= 0.3 is 12.4 Å². The van der Waals surface area contributed by atoms with Crippen LogP contribution in [0.15, 0.2) is 24.3 Å². The Labute approximate surface area is 141 Å². The summed E-state index contributed by atoms with van der Waals surface area (Å²) in [6.07, 6.45) is -7.34. The van der Waals surface area contributed by atoms with Gasteiger partial charge in [-0.05, 0) is 37.0 Å². The molecule has 8 heteroatoms. The number of carbonyl (C=O) groups is 1. The lowest BCUT2D eigenvalue weighted by Crippen LogP contribution is -2.43. The van der Waals surface area contributed by atoms with Crippen molar-refractivity contribution in [3.63, 3.8) is 0 Å². The first-order chi connectivity index (χ1) is 11.6. The molecule has 2 nitrogen and oxygen atoms in total. The zero-order chi connectivity index (χ0) is 18.7. The van der Waals surface area contributed by atoms with E-state index in [1.807, 2.05) is 0 Å². The molecule has 2 atom stereocenters. The molecule has 1 aromatic carbocycles. The number of amides is 1. The highest BCUT2D eigenvalue weighted by Crippen LogP contribution is 2.41. The van der Waals surface area contributed by atoms with Gasteiger partial charge in [0.15, 0.2) is 0 Å². The van der Waals surface area contributed by atoms with Crippen LogP contribution in [-0.4, -0.2) is 18.6 Å². The van der Waals surface area contributed by atoms with Crippen LogP contribution in [0.5, 0.6) is 0 Å². The van der Waals surface area contributed by atoms with Crippen LogP contribution in [0.2, 0.25) is 0 Å². The Kier molecular flexibility index (Phi) is 6.00. The zero-order valence-corrected chi connectivity index (χ0v) is 13.4. The van der Waals surface area contributed by atoms with Gasteiger partial charge in [-0.25, -0.2) is 0 Å². The maximum atomic E-state index is 13.0. The van der Waals surface area contributed by atoms with E-state index in [1.54, 1.807) is 0 Å². The standard InChI is InChI=1S/C17H19F6NO/c18-16(19,20)12-7-5-11(6-8-12)9-10-24-15(25)13-3-1-2-4-14(13)17(21,22)23/h5-8,13-14H,1-4,9-10H2,(H,24,25)/t13-,14+/m1/s1. The van der Waals surface area contributed by atoms with Crippen LogP contribution in [0.3, 0.4) is 0 Å². The molecule has 0 bridgehead atoms. The van der Waals surface area contributed by atoms with Gasteiger partial charge in [-0.3, -0.25) is 4.79 Å². The Morgan fingerprint density at radius 2 is 1.60 bits per heavy atom. The summed E-state index contributed by atoms with van der Waals surface area (Å²) in [5.41, 5.74) is -0.195. The minimum atomic E-state index is -4.42. The van der Waals surface area contributed by atoms with Crippen molar-refractivity contribution in [2.45, 2.75) is 44.5 Å². The van der Waals surface area contributed by atoms with Crippen LogP contribution in [0.1, 0.15) is 36.8 Å². The summed E-state index contributed by atoms with van der Waals surface area (Å²) in [5.74, 6) is -3.33. The second-order valence-electron chi connectivity index (χ2n) is 6.27. The smallest absolute Gasteiger partial charge is 0.356 e. The molecule has 0 radical (unpaired) electrons. The van der Waals surface area contributed by atoms with E-state index in [0.717, 1.165) is 12.1 Å². The molecule has 0 heterocycles. The molecule has 1 aliphatic rings. The lowest BCUT2D eigenvalue weighted by molar-refractivity contribution is -0.198. The van der Waals surface area contributed by atoms with Crippen molar-refractivity contribution < 1.29 is 31.1 Å². The Morgan fingerprint density at radius 3 is 2.16 bits per heavy atom. The highest BCUT2D eigenvalue weighted by Gasteiger charge is 2.47. The highest BCUT2D eigenvalue weighted by atomic mass is 19.4. The summed E-state index contributed by atoms with van der Waals surface area (Å²) in [7, 11) is 0. The van der Waals surface area contributed by atoms with Crippen LogP contribution < -0.4 is 5.32 Å². The van der Waals surface area contributed by atoms with Gasteiger partial charge in [0.05, 0.1) is 11.5 Å². The van der Waals surface area contributed by atoms with Gasteiger partial charge in [0.1, 0.15) is 0 Å². The van der Waals surface area contributed by atoms with Crippen molar-refractivity contribution in [2.24, 2.45) is 11.8 Å². The SMILES string of the molecule is O=C(NCCc1ccc(C(F)(F)F)cc1)[C@@H]1CCCC[C@@H]1C(F)(F)F. The van der Waals surface area contributed by atoms with E-state index in [4.69, 9.17) is 0 Å². The second-order valence-corrected chi connectivity index (χ2v) is 6.27. The molecule has 0 spiro atoms. The van der Waals surface area contributed by atoms with Gasteiger partial charge in [-0.15, -0.1) is 0 Å². The molecule has 1 aliphatic carbocycles. The quantitative estimate of drug-likeness (QED) is 0.766. The molecule has 1 N–H and O–H groups in total. The maximum Gasteiger partial charge on any atom is 0.416 e. The lowest BCUT2D eigenvalue weighted by atomic mass is 9.78. The summed E-state index contributed by atoms with van der Waals surface area (Å²) >= 11 is 0. The fourth-order valence-electron chi connectivity index (χ4n) is 3.16. The summed E-state index contributed by atoms with van der Waals surface area (Å²) in [6.45, 7) is 0.0886. The average Bonchev–Trinajstić information content (AvgIpc) is 2.53. The lowest BCUT2D eigenvalue weighted by Gasteiger charge is -2.32. The number of carbonyl (C=O) groups excluding carboxylic acids is 1. The first kappa shape index (κ1) is 19.6. The van der Waals surface area contributed by atoms with Crippen molar-refractivity contribution >= 4 is 5.91 Å². The summed E-state index contributed by atoms with van der Waals surface area (Å²) in [5, 5.41) is 2.49. The molecular formula is C17H19F6NO. The fraction of sp³-hybridized carbons (Fsp3) is 0.588. The molecule has 1 saturated carbocycles. The topological polar surface area (TPSA) is 29.1 Å². The molecule has 140 valence electrons. The van der Waals surface area contributed by atoms with Crippen LogP contribution in [0.4, 0.5) is 26.3 Å². The maximum absolute atomic E-state index is 13.0. The molecule has 0 unspecified atom stereocenters. The van der Waals surface area contributed by atoms with Crippen molar-refractivity contribution in [3.05, 3.63) is 35.4 Å². The molecule has 1 amide bonds. The predicted octanol–water partition coefficient (Wildman–Crippen LogP) is 4.73. The molecule has 25 heavy (non-hydrogen) atoms. The third-order valence-corrected chi connectivity index (χ3v) is 4.52. The van der Waals surface area contributed by atoms with Gasteiger partial charge in [-0.2, -0.15) is 26.3 Å². The zero-order valence-electron chi connectivity index (χ0n) is 13.4. The second kappa shape index (κ2) is 7.66. The minimum absolute atomic E-state index is 0.0412. The predicted molar refractivity (Wildman–Crippen MR) is 79.7 cm³/mol. The van der Waals surface area contributed by atoms with Gasteiger partial charge < -0.3 is 5.32 Å². The van der Waals surface area contributed by atoms with Gasteiger partial charge in [0, 0.05) is 12.5 Å². The van der Waals surface area contributed by atoms with Crippen molar-refractivity contribution in [3.8, 4) is 0 Å². The van der Waals surface area contributed by atoms with Crippen molar-refractivity contribution in [1.29, 1.82) is 0 Å². The molecule has 1 fully saturated rings. The number of alkyl halides is 6. The highest BCUT2D eigenvalue weighted by molar-refractivity contribution is 5.79. The van der Waals surface area contributed by atoms with Gasteiger partial charge in [0.2, 0.25) is 5.91 Å². The Morgan fingerprint density at radius 1 is 1.00 bits per heavy atom. The van der Waals surface area contributed by atoms with E-state index < -0.39 is 35.7 Å². The molecule has 0 saturated heterocycles. The number of hydrogen-bond donors (Lipinski definition) is 1. The molecule has 0 aromatic heterocycles. The molecule has 1 aromatic rings. The van der Waals surface area contributed by atoms with Gasteiger partial charge in [-0.1, -0.05) is 25.0 Å². The molecular weight excluding hydrogens is 348 g/mol. The third kappa shape index (κ3) is 5.37. The number of benzene rings is 1. The number of rotatable bonds is 4. The summed E-state index contributed by atoms with van der Waals surface area (Å²) < 4.78 is 76.4. The third-order valence-electron chi connectivity index (χ3n) is 4.52. The van der Waals surface area contributed by atoms with E-state index in [1.165, 1.54) is 12.1 Å². The van der Waals surface area contributed by atoms with E-state index >= 15 is 0 Å². The number of nitrogens with one attached hydrogen (secondary N) is 1. The van der Waals surface area contributed by atoms with Gasteiger partial charge in [0.25, 0.3) is 0 Å². The number of hydrogen-bond acceptors (Lipinski definition) is 1. The Hall–Kier alpha value is -1.73. The largest absolute Gasteiger partial charge is 0.416 e. The van der Waals surface area contributed by atoms with Crippen LogP contribution in [-0.2, 0) is 17.4 Å². The van der Waals surface area contributed by atoms with Crippen molar-refractivity contribution in [1.82, 2.24) is 5.32 Å². The van der Waals surface area contributed by atoms with E-state index in [9.17, 15) is 31.1 Å². The molecule has 2 rings (SSSR count). The van der Waals surface area contributed by atoms with E-state index in [2.05, 4.69) is 5.32 Å². The van der Waals surface area contributed by atoms with Crippen molar-refractivity contribution in [2.75, 3.05) is 6.54 Å². The van der Waals surface area contributed by atoms with E-state index in [0.29, 0.717) is 18.4 Å². The summed E-state index contributed by atoms with van der Waals surface area (Å²) in [6, 6.07) is 4.48. The monoisotopic (exact) mass is 367 g/mol. The van der Waals surface area contributed by atoms with Crippen LogP contribution >= 0.6 is 0 Å². The fourth-order valence-corrected chi connectivity index (χ4v) is 3.16.